The number of nitrogens with two attached hydrogens (primary N) is 1. The second-order valence-electron chi connectivity index (χ2n) is 3.79. The number of anilines is 2. The lowest BCUT2D eigenvalue weighted by Gasteiger charge is -2.09. The molecule has 104 valence electrons. The van der Waals surface area contributed by atoms with Crippen molar-refractivity contribution < 1.29 is 13.6 Å². The topological polar surface area (TPSA) is 68.0 Å². The molecule has 1 heterocycles. The van der Waals surface area contributed by atoms with Gasteiger partial charge in [0.2, 0.25) is 0 Å². The molecule has 0 fully saturated rings. The summed E-state index contributed by atoms with van der Waals surface area (Å²) in [7, 11) is 0. The van der Waals surface area contributed by atoms with Gasteiger partial charge in [0.25, 0.3) is 5.91 Å². The SMILES string of the molecule is Nc1ncc(C(=O)Nc2c(F)cc(F)cc2Cl)cc1Cl. The van der Waals surface area contributed by atoms with E-state index in [0.29, 0.717) is 6.07 Å². The molecule has 0 saturated carbocycles. The first kappa shape index (κ1) is 14.5. The molecule has 0 atom stereocenters. The first-order valence-corrected chi connectivity index (χ1v) is 6.01. The molecule has 0 aliphatic rings. The highest BCUT2D eigenvalue weighted by atomic mass is 35.5. The number of hydrogen-bond acceptors (Lipinski definition) is 3. The Morgan fingerprint density at radius 3 is 2.50 bits per heavy atom. The number of aromatic nitrogens is 1. The van der Waals surface area contributed by atoms with Gasteiger partial charge < -0.3 is 11.1 Å². The Balaban J connectivity index is 2.30. The van der Waals surface area contributed by atoms with Gasteiger partial charge >= 0.3 is 0 Å². The van der Waals surface area contributed by atoms with Crippen molar-refractivity contribution in [2.45, 2.75) is 0 Å². The summed E-state index contributed by atoms with van der Waals surface area (Å²) in [6.07, 6.45) is 1.17. The Hall–Kier alpha value is -1.92. The molecule has 2 aromatic rings. The van der Waals surface area contributed by atoms with E-state index >= 15 is 0 Å². The van der Waals surface area contributed by atoms with Crippen LogP contribution in [0.25, 0.3) is 0 Å². The molecule has 0 aliphatic carbocycles. The summed E-state index contributed by atoms with van der Waals surface area (Å²) in [4.78, 5) is 15.6. The number of hydrogen-bond donors (Lipinski definition) is 2. The zero-order valence-corrected chi connectivity index (χ0v) is 11.3. The normalized spacial score (nSPS) is 10.4. The molecule has 0 saturated heterocycles. The second-order valence-corrected chi connectivity index (χ2v) is 4.60. The molecule has 2 rings (SSSR count). The lowest BCUT2D eigenvalue weighted by Crippen LogP contribution is -2.14. The van der Waals surface area contributed by atoms with Crippen molar-refractivity contribution in [1.82, 2.24) is 4.98 Å². The number of nitrogens with zero attached hydrogens (tertiary/aromatic N) is 1. The van der Waals surface area contributed by atoms with Crippen LogP contribution in [-0.4, -0.2) is 10.9 Å². The van der Waals surface area contributed by atoms with Gasteiger partial charge in [-0.05, 0) is 12.1 Å². The highest BCUT2D eigenvalue weighted by Gasteiger charge is 2.15. The van der Waals surface area contributed by atoms with Crippen molar-refractivity contribution in [3.05, 3.63) is 51.6 Å². The van der Waals surface area contributed by atoms with Gasteiger partial charge in [-0.25, -0.2) is 13.8 Å². The molecule has 1 aromatic heterocycles. The predicted molar refractivity (Wildman–Crippen MR) is 73.0 cm³/mol. The van der Waals surface area contributed by atoms with Crippen LogP contribution in [0.5, 0.6) is 0 Å². The summed E-state index contributed by atoms with van der Waals surface area (Å²) in [5, 5.41) is 2.04. The number of benzene rings is 1. The van der Waals surface area contributed by atoms with E-state index in [2.05, 4.69) is 10.3 Å². The van der Waals surface area contributed by atoms with Gasteiger partial charge in [-0.1, -0.05) is 23.2 Å². The highest BCUT2D eigenvalue weighted by molar-refractivity contribution is 6.34. The maximum Gasteiger partial charge on any atom is 0.257 e. The minimum absolute atomic E-state index is 0.0593. The Morgan fingerprint density at radius 1 is 1.20 bits per heavy atom. The molecule has 0 unspecified atom stereocenters. The standard InChI is InChI=1S/C12H7Cl2F2N3O/c13-7-2-6(15)3-9(16)10(7)19-12(20)5-1-8(14)11(17)18-4-5/h1-4H,(H2,17,18)(H,19,20). The number of carbonyl (C=O) groups excluding carboxylic acids is 1. The van der Waals surface area contributed by atoms with Crippen LogP contribution in [-0.2, 0) is 0 Å². The lowest BCUT2D eigenvalue weighted by atomic mass is 10.2. The van der Waals surface area contributed by atoms with Gasteiger partial charge in [-0.3, -0.25) is 4.79 Å². The Labute approximate surface area is 122 Å². The van der Waals surface area contributed by atoms with Crippen molar-refractivity contribution in [3.8, 4) is 0 Å². The lowest BCUT2D eigenvalue weighted by molar-refractivity contribution is 0.102. The molecule has 3 N–H and O–H groups in total. The van der Waals surface area contributed by atoms with Gasteiger partial charge in [-0.15, -0.1) is 0 Å². The molecular formula is C12H7Cl2F2N3O. The van der Waals surface area contributed by atoms with Crippen molar-refractivity contribution in [1.29, 1.82) is 0 Å². The molecular weight excluding hydrogens is 311 g/mol. The molecule has 1 amide bonds. The monoisotopic (exact) mass is 317 g/mol. The fourth-order valence-corrected chi connectivity index (χ4v) is 1.83. The van der Waals surface area contributed by atoms with E-state index in [1.54, 1.807) is 0 Å². The number of halogens is 4. The molecule has 0 bridgehead atoms. The quantitative estimate of drug-likeness (QED) is 0.890. The van der Waals surface area contributed by atoms with Crippen LogP contribution in [0.1, 0.15) is 10.4 Å². The van der Waals surface area contributed by atoms with Crippen LogP contribution in [0.4, 0.5) is 20.3 Å². The van der Waals surface area contributed by atoms with Crippen LogP contribution in [0.15, 0.2) is 24.4 Å². The average Bonchev–Trinajstić information content (AvgIpc) is 2.36. The summed E-state index contributed by atoms with van der Waals surface area (Å²) in [6.45, 7) is 0. The molecule has 1 aromatic carbocycles. The van der Waals surface area contributed by atoms with Crippen molar-refractivity contribution in [2.75, 3.05) is 11.1 Å². The van der Waals surface area contributed by atoms with Crippen molar-refractivity contribution >= 4 is 40.6 Å². The molecule has 8 heteroatoms. The van der Waals surface area contributed by atoms with Gasteiger partial charge in [0.15, 0.2) is 5.82 Å². The van der Waals surface area contributed by atoms with Gasteiger partial charge in [0.05, 0.1) is 21.3 Å². The summed E-state index contributed by atoms with van der Waals surface area (Å²) in [5.41, 5.74) is 5.14. The maximum absolute atomic E-state index is 13.5. The smallest absolute Gasteiger partial charge is 0.257 e. The molecule has 0 aliphatic heterocycles. The van der Waals surface area contributed by atoms with E-state index in [9.17, 15) is 13.6 Å². The predicted octanol–water partition coefficient (Wildman–Crippen LogP) is 3.50. The van der Waals surface area contributed by atoms with Crippen LogP contribution in [0, 0.1) is 11.6 Å². The van der Waals surface area contributed by atoms with Crippen LogP contribution >= 0.6 is 23.2 Å². The first-order valence-electron chi connectivity index (χ1n) is 5.25. The summed E-state index contributed by atoms with van der Waals surface area (Å²) in [5.74, 6) is -2.47. The fourth-order valence-electron chi connectivity index (χ4n) is 1.42. The second kappa shape index (κ2) is 5.60. The van der Waals surface area contributed by atoms with Gasteiger partial charge in [0, 0.05) is 12.3 Å². The Morgan fingerprint density at radius 2 is 1.90 bits per heavy atom. The van der Waals surface area contributed by atoms with Crippen LogP contribution in [0.2, 0.25) is 10.0 Å². The molecule has 0 radical (unpaired) electrons. The van der Waals surface area contributed by atoms with Crippen LogP contribution < -0.4 is 11.1 Å². The summed E-state index contributed by atoms with van der Waals surface area (Å²) >= 11 is 11.4. The first-order chi connectivity index (χ1) is 9.38. The zero-order valence-electron chi connectivity index (χ0n) is 9.75. The van der Waals surface area contributed by atoms with E-state index in [1.807, 2.05) is 0 Å². The minimum Gasteiger partial charge on any atom is -0.382 e. The van der Waals surface area contributed by atoms with Crippen molar-refractivity contribution in [3.63, 3.8) is 0 Å². The molecule has 4 nitrogen and oxygen atoms in total. The maximum atomic E-state index is 13.5. The fraction of sp³-hybridized carbons (Fsp3) is 0. The van der Waals surface area contributed by atoms with Crippen LogP contribution in [0.3, 0.4) is 0 Å². The minimum atomic E-state index is -0.988. The largest absolute Gasteiger partial charge is 0.382 e. The Bertz CT molecular complexity index is 671. The molecule has 0 spiro atoms. The third-order valence-electron chi connectivity index (χ3n) is 2.38. The van der Waals surface area contributed by atoms with Crippen molar-refractivity contribution in [2.24, 2.45) is 0 Å². The number of nitrogens with one attached hydrogen (secondary N) is 1. The van der Waals surface area contributed by atoms with E-state index in [4.69, 9.17) is 28.9 Å². The average molecular weight is 318 g/mol. The molecule has 20 heavy (non-hydrogen) atoms. The number of amides is 1. The number of nitrogen functional groups attached to an aromatic ring is 1. The summed E-state index contributed by atoms with van der Waals surface area (Å²) < 4.78 is 26.4. The van der Waals surface area contributed by atoms with E-state index < -0.39 is 17.5 Å². The van der Waals surface area contributed by atoms with E-state index in [0.717, 1.165) is 6.07 Å². The van der Waals surface area contributed by atoms with Gasteiger partial charge in [0.1, 0.15) is 11.6 Å². The van der Waals surface area contributed by atoms with E-state index in [1.165, 1.54) is 12.3 Å². The third-order valence-corrected chi connectivity index (χ3v) is 2.98. The summed E-state index contributed by atoms with van der Waals surface area (Å²) in [6, 6.07) is 2.76. The Kier molecular flexibility index (Phi) is 4.06. The number of rotatable bonds is 2. The highest BCUT2D eigenvalue weighted by Crippen LogP contribution is 2.27. The number of pyridine rings is 1. The number of carbonyl (C=O) groups is 1. The van der Waals surface area contributed by atoms with Gasteiger partial charge in [-0.2, -0.15) is 0 Å². The van der Waals surface area contributed by atoms with E-state index in [-0.39, 0.29) is 27.1 Å². The zero-order chi connectivity index (χ0) is 14.9. The third kappa shape index (κ3) is 2.97.